The number of furan rings is 1. The molecular weight excluding hydrogens is 667 g/mol. The molecule has 0 unspecified atom stereocenters. The highest BCUT2D eigenvalue weighted by Gasteiger charge is 2.15. The first-order chi connectivity index (χ1) is 27.2. The summed E-state index contributed by atoms with van der Waals surface area (Å²) in [5.41, 5.74) is 12.3. The molecule has 0 saturated heterocycles. The van der Waals surface area contributed by atoms with Crippen molar-refractivity contribution in [3.8, 4) is 33.4 Å². The minimum atomic E-state index is 0.909. The minimum Gasteiger partial charge on any atom is -0.456 e. The van der Waals surface area contributed by atoms with Crippen LogP contribution in [0.2, 0.25) is 0 Å². The second kappa shape index (κ2) is 14.7. The molecule has 9 aromatic carbocycles. The van der Waals surface area contributed by atoms with Crippen molar-refractivity contribution < 1.29 is 4.42 Å². The largest absolute Gasteiger partial charge is 0.456 e. The van der Waals surface area contributed by atoms with Crippen molar-refractivity contribution in [1.29, 1.82) is 0 Å². The van der Waals surface area contributed by atoms with Gasteiger partial charge in [0.05, 0.1) is 0 Å². The van der Waals surface area contributed by atoms with E-state index in [1.165, 1.54) is 43.8 Å². The van der Waals surface area contributed by atoms with Crippen LogP contribution in [0.3, 0.4) is 0 Å². The first-order valence-corrected chi connectivity index (χ1v) is 18.7. The average molecular weight is 706 g/mol. The van der Waals surface area contributed by atoms with Gasteiger partial charge in [0.2, 0.25) is 0 Å². The third-order valence-corrected chi connectivity index (χ3v) is 10.3. The number of hydrogen-bond acceptors (Lipinski definition) is 2. The van der Waals surface area contributed by atoms with E-state index in [1.807, 2.05) is 19.1 Å². The van der Waals surface area contributed by atoms with Crippen molar-refractivity contribution in [2.75, 3.05) is 4.90 Å². The molecule has 0 amide bonds. The van der Waals surface area contributed by atoms with Crippen molar-refractivity contribution in [1.82, 2.24) is 0 Å². The predicted octanol–water partition coefficient (Wildman–Crippen LogP) is 15.6. The van der Waals surface area contributed by atoms with Gasteiger partial charge in [-0.05, 0) is 116 Å². The van der Waals surface area contributed by atoms with Crippen LogP contribution in [0.1, 0.15) is 6.92 Å². The van der Waals surface area contributed by atoms with Crippen molar-refractivity contribution in [3.05, 3.63) is 213 Å². The molecule has 0 saturated carbocycles. The van der Waals surface area contributed by atoms with E-state index < -0.39 is 0 Å². The van der Waals surface area contributed by atoms with Gasteiger partial charge >= 0.3 is 0 Å². The lowest BCUT2D eigenvalue weighted by atomic mass is 9.97. The maximum absolute atomic E-state index is 6.10. The molecule has 0 spiro atoms. The quantitative estimate of drug-likeness (QED) is 0.160. The summed E-state index contributed by atoms with van der Waals surface area (Å²) in [4.78, 5) is 2.34. The molecule has 0 aliphatic carbocycles. The first kappa shape index (κ1) is 33.7. The number of nitrogens with zero attached hydrogens (tertiary/aromatic N) is 1. The van der Waals surface area contributed by atoms with E-state index in [9.17, 15) is 0 Å². The standard InChI is InChI=1S/C50H33NO.C3H6/c1-3-13-43-35(9-1)11-7-16-45(43)37-21-28-41(29-22-37)51(42-30-23-38(24-31-42)46-17-8-12-36-10-2-4-14-44(36)46)40-26-19-34(20-27-40)39-25-32-50-48(33-39)47-15-5-6-18-49(47)52-50;1-3-2/h1-33H;3H,1H2,2H3. The van der Waals surface area contributed by atoms with Gasteiger partial charge in [-0.15, -0.1) is 6.58 Å². The fourth-order valence-electron chi connectivity index (χ4n) is 7.69. The number of benzene rings is 9. The maximum Gasteiger partial charge on any atom is 0.135 e. The molecule has 0 fully saturated rings. The molecule has 1 heterocycles. The Morgan fingerprint density at radius 1 is 0.382 bits per heavy atom. The van der Waals surface area contributed by atoms with Gasteiger partial charge in [0, 0.05) is 27.8 Å². The predicted molar refractivity (Wildman–Crippen MR) is 236 cm³/mol. The van der Waals surface area contributed by atoms with Gasteiger partial charge in [0.1, 0.15) is 11.2 Å². The van der Waals surface area contributed by atoms with Crippen molar-refractivity contribution in [2.24, 2.45) is 0 Å². The number of fused-ring (bicyclic) bond motifs is 5. The van der Waals surface area contributed by atoms with Gasteiger partial charge in [-0.2, -0.15) is 0 Å². The van der Waals surface area contributed by atoms with Crippen LogP contribution in [0.15, 0.2) is 217 Å². The molecule has 0 aliphatic heterocycles. The molecule has 2 nitrogen and oxygen atoms in total. The molecule has 1 aromatic heterocycles. The van der Waals surface area contributed by atoms with Gasteiger partial charge in [-0.3, -0.25) is 0 Å². The molecule has 262 valence electrons. The molecule has 10 aromatic rings. The third-order valence-electron chi connectivity index (χ3n) is 10.3. The number of allylic oxidation sites excluding steroid dienone is 1. The summed E-state index contributed by atoms with van der Waals surface area (Å²) < 4.78 is 6.10. The van der Waals surface area contributed by atoms with Crippen LogP contribution in [-0.4, -0.2) is 0 Å². The monoisotopic (exact) mass is 705 g/mol. The van der Waals surface area contributed by atoms with Gasteiger partial charge in [-0.25, -0.2) is 0 Å². The molecular formula is C53H39NO. The van der Waals surface area contributed by atoms with Crippen LogP contribution in [0.5, 0.6) is 0 Å². The molecule has 2 heteroatoms. The maximum atomic E-state index is 6.10. The molecule has 0 bridgehead atoms. The van der Waals surface area contributed by atoms with E-state index in [2.05, 4.69) is 200 Å². The molecule has 0 radical (unpaired) electrons. The Morgan fingerprint density at radius 2 is 0.782 bits per heavy atom. The van der Waals surface area contributed by atoms with Crippen LogP contribution in [0.4, 0.5) is 17.1 Å². The van der Waals surface area contributed by atoms with E-state index >= 15 is 0 Å². The summed E-state index contributed by atoms with van der Waals surface area (Å²) >= 11 is 0. The summed E-state index contributed by atoms with van der Waals surface area (Å²) in [5, 5.41) is 7.29. The SMILES string of the molecule is C=CC.c1ccc2c(-c3ccc(N(c4ccc(-c5ccc6oc7ccccc7c6c5)cc4)c4ccc(-c5cccc6ccccc56)cc4)cc3)cccc2c1. The van der Waals surface area contributed by atoms with E-state index in [0.29, 0.717) is 0 Å². The Morgan fingerprint density at radius 3 is 1.31 bits per heavy atom. The summed E-state index contributed by atoms with van der Waals surface area (Å²) in [5.74, 6) is 0. The lowest BCUT2D eigenvalue weighted by Gasteiger charge is -2.26. The van der Waals surface area contributed by atoms with E-state index in [4.69, 9.17) is 4.42 Å². The van der Waals surface area contributed by atoms with Gasteiger partial charge in [-0.1, -0.05) is 152 Å². The van der Waals surface area contributed by atoms with Crippen LogP contribution in [-0.2, 0) is 0 Å². The van der Waals surface area contributed by atoms with Gasteiger partial charge < -0.3 is 9.32 Å². The smallest absolute Gasteiger partial charge is 0.135 e. The minimum absolute atomic E-state index is 0.909. The van der Waals surface area contributed by atoms with E-state index in [1.54, 1.807) is 6.08 Å². The zero-order chi connectivity index (χ0) is 37.1. The summed E-state index contributed by atoms with van der Waals surface area (Å²) in [7, 11) is 0. The van der Waals surface area contributed by atoms with Gasteiger partial charge in [0.25, 0.3) is 0 Å². The van der Waals surface area contributed by atoms with Crippen LogP contribution >= 0.6 is 0 Å². The van der Waals surface area contributed by atoms with Gasteiger partial charge in [0.15, 0.2) is 0 Å². The van der Waals surface area contributed by atoms with Crippen LogP contribution < -0.4 is 4.90 Å². The topological polar surface area (TPSA) is 16.4 Å². The number of anilines is 3. The Labute approximate surface area is 321 Å². The van der Waals surface area contributed by atoms with Crippen molar-refractivity contribution in [3.63, 3.8) is 0 Å². The second-order valence-electron chi connectivity index (χ2n) is 13.7. The van der Waals surface area contributed by atoms with E-state index in [0.717, 1.165) is 50.1 Å². The molecule has 0 atom stereocenters. The normalized spacial score (nSPS) is 11.1. The first-order valence-electron chi connectivity index (χ1n) is 18.7. The molecule has 55 heavy (non-hydrogen) atoms. The number of para-hydroxylation sites is 1. The van der Waals surface area contributed by atoms with Crippen molar-refractivity contribution in [2.45, 2.75) is 6.92 Å². The highest BCUT2D eigenvalue weighted by molar-refractivity contribution is 6.06. The fraction of sp³-hybridized carbons (Fsp3) is 0.0189. The Bertz CT molecular complexity index is 2800. The lowest BCUT2D eigenvalue weighted by molar-refractivity contribution is 0.669. The zero-order valence-electron chi connectivity index (χ0n) is 30.7. The lowest BCUT2D eigenvalue weighted by Crippen LogP contribution is -2.09. The highest BCUT2D eigenvalue weighted by atomic mass is 16.3. The van der Waals surface area contributed by atoms with E-state index in [-0.39, 0.29) is 0 Å². The molecule has 10 rings (SSSR count). The molecule has 0 aliphatic rings. The fourth-order valence-corrected chi connectivity index (χ4v) is 7.69. The van der Waals surface area contributed by atoms with Crippen molar-refractivity contribution >= 4 is 60.5 Å². The highest BCUT2D eigenvalue weighted by Crippen LogP contribution is 2.40. The molecule has 0 N–H and O–H groups in total. The summed E-state index contributed by atoms with van der Waals surface area (Å²) in [6.45, 7) is 5.25. The Kier molecular flexibility index (Phi) is 8.99. The number of rotatable bonds is 6. The number of hydrogen-bond donors (Lipinski definition) is 0. The Balaban J connectivity index is 0.00000128. The summed E-state index contributed by atoms with van der Waals surface area (Å²) in [6, 6.07) is 71.8. The zero-order valence-corrected chi connectivity index (χ0v) is 30.7. The van der Waals surface area contributed by atoms with Crippen LogP contribution in [0.25, 0.3) is 76.9 Å². The third kappa shape index (κ3) is 6.45. The summed E-state index contributed by atoms with van der Waals surface area (Å²) in [6.07, 6.45) is 1.75. The Hall–Kier alpha value is -7.16. The van der Waals surface area contributed by atoms with Crippen LogP contribution in [0, 0.1) is 0 Å². The second-order valence-corrected chi connectivity index (χ2v) is 13.7. The average Bonchev–Trinajstić information content (AvgIpc) is 3.63.